The summed E-state index contributed by atoms with van der Waals surface area (Å²) in [5.74, 6) is -1.18. The van der Waals surface area contributed by atoms with Gasteiger partial charge in [0.2, 0.25) is 5.91 Å². The van der Waals surface area contributed by atoms with Crippen molar-refractivity contribution in [1.82, 2.24) is 5.32 Å². The van der Waals surface area contributed by atoms with Gasteiger partial charge in [0.05, 0.1) is 23.0 Å². The van der Waals surface area contributed by atoms with Crippen LogP contribution in [0.25, 0.3) is 0 Å². The number of nitrogens with zero attached hydrogens (tertiary/aromatic N) is 2. The SMILES string of the molecule is C[C@H](OC(=O)c1ccc2c(c1)NC(=O)[C@@H]1CCCN21)C(=O)NC1(C#N)CCCCC1. The molecule has 0 unspecified atom stereocenters. The molecule has 0 radical (unpaired) electrons. The number of nitriles is 1. The van der Waals surface area contributed by atoms with Gasteiger partial charge in [-0.25, -0.2) is 4.79 Å². The summed E-state index contributed by atoms with van der Waals surface area (Å²) in [4.78, 5) is 39.5. The maximum absolute atomic E-state index is 12.6. The summed E-state index contributed by atoms with van der Waals surface area (Å²) in [7, 11) is 0. The number of esters is 1. The summed E-state index contributed by atoms with van der Waals surface area (Å²) >= 11 is 0. The second-order valence-corrected chi connectivity index (χ2v) is 8.36. The fourth-order valence-electron chi connectivity index (χ4n) is 4.60. The lowest BCUT2D eigenvalue weighted by Crippen LogP contribution is -2.52. The van der Waals surface area contributed by atoms with Crippen LogP contribution in [0.3, 0.4) is 0 Å². The molecule has 30 heavy (non-hydrogen) atoms. The molecule has 2 fully saturated rings. The Morgan fingerprint density at radius 2 is 2.07 bits per heavy atom. The number of hydrogen-bond acceptors (Lipinski definition) is 6. The van der Waals surface area contributed by atoms with Gasteiger partial charge in [-0.1, -0.05) is 19.3 Å². The van der Waals surface area contributed by atoms with Crippen molar-refractivity contribution >= 4 is 29.2 Å². The van der Waals surface area contributed by atoms with Gasteiger partial charge in [-0.05, 0) is 50.8 Å². The van der Waals surface area contributed by atoms with Crippen molar-refractivity contribution in [3.8, 4) is 6.07 Å². The van der Waals surface area contributed by atoms with E-state index in [1.54, 1.807) is 18.2 Å². The first-order valence-corrected chi connectivity index (χ1v) is 10.6. The number of rotatable bonds is 4. The van der Waals surface area contributed by atoms with Gasteiger partial charge in [-0.3, -0.25) is 9.59 Å². The Kier molecular flexibility index (Phi) is 5.37. The summed E-state index contributed by atoms with van der Waals surface area (Å²) < 4.78 is 5.35. The van der Waals surface area contributed by atoms with E-state index in [2.05, 4.69) is 21.6 Å². The molecule has 158 valence electrons. The quantitative estimate of drug-likeness (QED) is 0.738. The minimum absolute atomic E-state index is 0.0625. The van der Waals surface area contributed by atoms with Crippen LogP contribution in [0.4, 0.5) is 11.4 Å². The number of hydrogen-bond donors (Lipinski definition) is 2. The van der Waals surface area contributed by atoms with Crippen LogP contribution in [0, 0.1) is 11.3 Å². The highest BCUT2D eigenvalue weighted by Gasteiger charge is 2.37. The predicted molar refractivity (Wildman–Crippen MR) is 110 cm³/mol. The molecule has 4 rings (SSSR count). The number of carbonyl (C=O) groups excluding carboxylic acids is 3. The molecule has 8 nitrogen and oxygen atoms in total. The van der Waals surface area contributed by atoms with Crippen molar-refractivity contribution in [2.45, 2.75) is 69.6 Å². The van der Waals surface area contributed by atoms with E-state index >= 15 is 0 Å². The van der Waals surface area contributed by atoms with E-state index in [0.29, 0.717) is 18.5 Å². The van der Waals surface area contributed by atoms with Crippen LogP contribution in [0.2, 0.25) is 0 Å². The first kappa shape index (κ1) is 20.2. The van der Waals surface area contributed by atoms with E-state index in [9.17, 15) is 19.6 Å². The third-order valence-corrected chi connectivity index (χ3v) is 6.29. The minimum atomic E-state index is -1.03. The number of benzene rings is 1. The van der Waals surface area contributed by atoms with Gasteiger partial charge in [-0.15, -0.1) is 0 Å². The molecule has 1 aromatic rings. The standard InChI is InChI=1S/C22H26N4O4/c1-14(19(27)25-22(13-23)9-3-2-4-10-22)30-21(29)15-7-8-17-16(12-15)24-20(28)18-6-5-11-26(17)18/h7-8,12,14,18H,2-6,9-11H2,1H3,(H,24,28)(H,25,27)/t14-,18-/m0/s1. The number of ether oxygens (including phenoxy) is 1. The molecular formula is C22H26N4O4. The zero-order valence-electron chi connectivity index (χ0n) is 17.1. The Morgan fingerprint density at radius 3 is 2.80 bits per heavy atom. The highest BCUT2D eigenvalue weighted by atomic mass is 16.5. The van der Waals surface area contributed by atoms with E-state index in [0.717, 1.165) is 44.3 Å². The van der Waals surface area contributed by atoms with Gasteiger partial charge in [0, 0.05) is 6.54 Å². The third-order valence-electron chi connectivity index (χ3n) is 6.29. The Labute approximate surface area is 175 Å². The largest absolute Gasteiger partial charge is 0.449 e. The Morgan fingerprint density at radius 1 is 1.30 bits per heavy atom. The molecule has 1 saturated heterocycles. The topological polar surface area (TPSA) is 112 Å². The fraction of sp³-hybridized carbons (Fsp3) is 0.545. The number of amides is 2. The summed E-state index contributed by atoms with van der Waals surface area (Å²) in [6, 6.07) is 7.13. The number of anilines is 2. The van der Waals surface area contributed by atoms with Crippen LogP contribution in [0.15, 0.2) is 18.2 Å². The molecule has 1 saturated carbocycles. The van der Waals surface area contributed by atoms with Crippen LogP contribution in [-0.4, -0.2) is 42.0 Å². The van der Waals surface area contributed by atoms with Gasteiger partial charge in [0.15, 0.2) is 6.10 Å². The fourth-order valence-corrected chi connectivity index (χ4v) is 4.60. The minimum Gasteiger partial charge on any atom is -0.449 e. The normalized spacial score (nSPS) is 22.7. The summed E-state index contributed by atoms with van der Waals surface area (Å²) in [5.41, 5.74) is 0.861. The van der Waals surface area contributed by atoms with E-state index in [-0.39, 0.29) is 17.5 Å². The molecule has 2 aliphatic heterocycles. The van der Waals surface area contributed by atoms with E-state index in [1.165, 1.54) is 6.92 Å². The van der Waals surface area contributed by atoms with E-state index < -0.39 is 23.5 Å². The van der Waals surface area contributed by atoms with E-state index in [1.807, 2.05) is 0 Å². The van der Waals surface area contributed by atoms with Crippen molar-refractivity contribution in [3.63, 3.8) is 0 Å². The zero-order valence-corrected chi connectivity index (χ0v) is 17.1. The number of carbonyl (C=O) groups is 3. The van der Waals surface area contributed by atoms with Gasteiger partial charge >= 0.3 is 5.97 Å². The van der Waals surface area contributed by atoms with Gasteiger partial charge < -0.3 is 20.3 Å². The van der Waals surface area contributed by atoms with Crippen molar-refractivity contribution in [2.24, 2.45) is 0 Å². The lowest BCUT2D eigenvalue weighted by molar-refractivity contribution is -0.130. The molecule has 2 N–H and O–H groups in total. The highest BCUT2D eigenvalue weighted by Crippen LogP contribution is 2.37. The summed E-state index contributed by atoms with van der Waals surface area (Å²) in [5, 5.41) is 15.2. The number of nitrogens with one attached hydrogen (secondary N) is 2. The summed E-state index contributed by atoms with van der Waals surface area (Å²) in [6.45, 7) is 2.31. The van der Waals surface area contributed by atoms with Crippen molar-refractivity contribution < 1.29 is 19.1 Å². The van der Waals surface area contributed by atoms with Crippen LogP contribution < -0.4 is 15.5 Å². The first-order valence-electron chi connectivity index (χ1n) is 10.6. The molecule has 1 aliphatic carbocycles. The maximum Gasteiger partial charge on any atom is 0.338 e. The van der Waals surface area contributed by atoms with Crippen LogP contribution in [-0.2, 0) is 14.3 Å². The summed E-state index contributed by atoms with van der Waals surface area (Å²) in [6.07, 6.45) is 4.80. The van der Waals surface area contributed by atoms with Crippen molar-refractivity contribution in [1.29, 1.82) is 5.26 Å². The predicted octanol–water partition coefficient (Wildman–Crippen LogP) is 2.50. The van der Waals surface area contributed by atoms with E-state index in [4.69, 9.17) is 4.74 Å². The lowest BCUT2D eigenvalue weighted by Gasteiger charge is -2.33. The zero-order chi connectivity index (χ0) is 21.3. The second-order valence-electron chi connectivity index (χ2n) is 8.36. The molecule has 2 heterocycles. The Bertz CT molecular complexity index is 916. The first-order chi connectivity index (χ1) is 14.4. The van der Waals surface area contributed by atoms with Crippen LogP contribution in [0.1, 0.15) is 62.2 Å². The molecule has 0 spiro atoms. The Hall–Kier alpha value is -3.08. The third kappa shape index (κ3) is 3.72. The molecule has 2 amide bonds. The number of fused-ring (bicyclic) bond motifs is 3. The van der Waals surface area contributed by atoms with Gasteiger partial charge in [-0.2, -0.15) is 5.26 Å². The van der Waals surface area contributed by atoms with Crippen LogP contribution in [0.5, 0.6) is 0 Å². The van der Waals surface area contributed by atoms with Crippen LogP contribution >= 0.6 is 0 Å². The molecular weight excluding hydrogens is 384 g/mol. The van der Waals surface area contributed by atoms with Gasteiger partial charge in [0.1, 0.15) is 11.6 Å². The molecule has 0 bridgehead atoms. The molecule has 2 atom stereocenters. The maximum atomic E-state index is 12.6. The van der Waals surface area contributed by atoms with Gasteiger partial charge in [0.25, 0.3) is 5.91 Å². The molecule has 8 heteroatoms. The second kappa shape index (κ2) is 7.98. The molecule has 3 aliphatic rings. The monoisotopic (exact) mass is 410 g/mol. The molecule has 0 aromatic heterocycles. The molecule has 1 aromatic carbocycles. The van der Waals surface area contributed by atoms with Crippen molar-refractivity contribution in [3.05, 3.63) is 23.8 Å². The highest BCUT2D eigenvalue weighted by molar-refractivity contribution is 6.05. The van der Waals surface area contributed by atoms with Crippen molar-refractivity contribution in [2.75, 3.05) is 16.8 Å². The smallest absolute Gasteiger partial charge is 0.338 e. The average molecular weight is 410 g/mol. The Balaban J connectivity index is 1.42. The lowest BCUT2D eigenvalue weighted by atomic mass is 9.83. The average Bonchev–Trinajstić information content (AvgIpc) is 3.25.